The van der Waals surface area contributed by atoms with E-state index in [4.69, 9.17) is 5.26 Å². The Labute approximate surface area is 93.5 Å². The van der Waals surface area contributed by atoms with Crippen molar-refractivity contribution in [3.05, 3.63) is 29.6 Å². The molecule has 0 radical (unpaired) electrons. The van der Waals surface area contributed by atoms with Crippen molar-refractivity contribution < 1.29 is 4.79 Å². The Kier molecular flexibility index (Phi) is 1.93. The SMILES string of the molecule is N#Cc1cccc(C(=O)N2CC3CC3C2)n1. The Bertz CT molecular complexity index is 481. The molecular weight excluding hydrogens is 202 g/mol. The van der Waals surface area contributed by atoms with Gasteiger partial charge in [-0.05, 0) is 30.4 Å². The van der Waals surface area contributed by atoms with Gasteiger partial charge in [0.05, 0.1) is 0 Å². The molecule has 2 fully saturated rings. The van der Waals surface area contributed by atoms with Crippen LogP contribution in [0.2, 0.25) is 0 Å². The summed E-state index contributed by atoms with van der Waals surface area (Å²) in [5, 5.41) is 8.72. The number of carbonyl (C=O) groups excluding carboxylic acids is 1. The lowest BCUT2D eigenvalue weighted by atomic mass is 10.2. The second-order valence-corrected chi connectivity index (χ2v) is 4.49. The minimum absolute atomic E-state index is 0.0377. The second kappa shape index (κ2) is 3.31. The lowest BCUT2D eigenvalue weighted by molar-refractivity contribution is 0.0769. The molecule has 4 heteroatoms. The smallest absolute Gasteiger partial charge is 0.272 e. The lowest BCUT2D eigenvalue weighted by Crippen LogP contribution is -2.31. The van der Waals surface area contributed by atoms with Crippen molar-refractivity contribution in [1.82, 2.24) is 9.88 Å². The predicted molar refractivity (Wildman–Crippen MR) is 56.5 cm³/mol. The number of pyridine rings is 1. The van der Waals surface area contributed by atoms with E-state index in [1.807, 2.05) is 11.0 Å². The maximum atomic E-state index is 12.0. The number of aromatic nitrogens is 1. The average Bonchev–Trinajstić information content (AvgIpc) is 2.95. The normalized spacial score (nSPS) is 26.1. The highest BCUT2D eigenvalue weighted by Gasteiger charge is 2.46. The molecule has 0 spiro atoms. The molecule has 0 N–H and O–H groups in total. The lowest BCUT2D eigenvalue weighted by Gasteiger charge is -2.17. The molecular formula is C12H11N3O. The summed E-state index contributed by atoms with van der Waals surface area (Å²) in [7, 11) is 0. The third kappa shape index (κ3) is 1.45. The van der Waals surface area contributed by atoms with Crippen LogP contribution in [0.15, 0.2) is 18.2 Å². The van der Waals surface area contributed by atoms with Gasteiger partial charge in [-0.3, -0.25) is 4.79 Å². The van der Waals surface area contributed by atoms with E-state index in [1.165, 1.54) is 6.42 Å². The van der Waals surface area contributed by atoms with Crippen LogP contribution in [0.3, 0.4) is 0 Å². The van der Waals surface area contributed by atoms with Crippen LogP contribution in [0.25, 0.3) is 0 Å². The average molecular weight is 213 g/mol. The van der Waals surface area contributed by atoms with Gasteiger partial charge in [0.15, 0.2) is 0 Å². The summed E-state index contributed by atoms with van der Waals surface area (Å²) in [4.78, 5) is 17.9. The molecule has 1 aromatic heterocycles. The summed E-state index contributed by atoms with van der Waals surface area (Å²) >= 11 is 0. The Morgan fingerprint density at radius 3 is 2.88 bits per heavy atom. The number of likely N-dealkylation sites (tertiary alicyclic amines) is 1. The molecule has 4 nitrogen and oxygen atoms in total. The Morgan fingerprint density at radius 1 is 1.44 bits per heavy atom. The molecule has 1 saturated heterocycles. The number of nitrogens with zero attached hydrogens (tertiary/aromatic N) is 3. The minimum atomic E-state index is -0.0377. The summed E-state index contributed by atoms with van der Waals surface area (Å²) in [6.45, 7) is 1.73. The fourth-order valence-electron chi connectivity index (χ4n) is 2.34. The van der Waals surface area contributed by atoms with Gasteiger partial charge in [0, 0.05) is 13.1 Å². The molecule has 0 aromatic carbocycles. The van der Waals surface area contributed by atoms with E-state index in [1.54, 1.807) is 18.2 Å². The zero-order valence-corrected chi connectivity index (χ0v) is 8.76. The largest absolute Gasteiger partial charge is 0.337 e. The van der Waals surface area contributed by atoms with Crippen LogP contribution in [0, 0.1) is 23.2 Å². The summed E-state index contributed by atoms with van der Waals surface area (Å²) in [6, 6.07) is 6.94. The van der Waals surface area contributed by atoms with Gasteiger partial charge in [0.1, 0.15) is 17.5 Å². The minimum Gasteiger partial charge on any atom is -0.337 e. The van der Waals surface area contributed by atoms with Crippen LogP contribution in [-0.2, 0) is 0 Å². The van der Waals surface area contributed by atoms with Crippen LogP contribution in [0.5, 0.6) is 0 Å². The number of hydrogen-bond acceptors (Lipinski definition) is 3. The van der Waals surface area contributed by atoms with Gasteiger partial charge < -0.3 is 4.90 Å². The second-order valence-electron chi connectivity index (χ2n) is 4.49. The molecule has 2 aliphatic rings. The zero-order valence-electron chi connectivity index (χ0n) is 8.76. The molecule has 1 aliphatic carbocycles. The van der Waals surface area contributed by atoms with Gasteiger partial charge in [0.2, 0.25) is 0 Å². The fourth-order valence-corrected chi connectivity index (χ4v) is 2.34. The summed E-state index contributed by atoms with van der Waals surface area (Å²) < 4.78 is 0. The van der Waals surface area contributed by atoms with Gasteiger partial charge in [0.25, 0.3) is 5.91 Å². The summed E-state index contributed by atoms with van der Waals surface area (Å²) in [6.07, 6.45) is 1.27. The van der Waals surface area contributed by atoms with Crippen LogP contribution < -0.4 is 0 Å². The van der Waals surface area contributed by atoms with Crippen molar-refractivity contribution in [2.24, 2.45) is 11.8 Å². The molecule has 16 heavy (non-hydrogen) atoms. The van der Waals surface area contributed by atoms with Gasteiger partial charge in [-0.2, -0.15) is 5.26 Å². The molecule has 0 bridgehead atoms. The highest BCUT2D eigenvalue weighted by atomic mass is 16.2. The van der Waals surface area contributed by atoms with E-state index in [0.29, 0.717) is 11.4 Å². The molecule has 1 aliphatic heterocycles. The van der Waals surface area contributed by atoms with Crippen molar-refractivity contribution in [3.8, 4) is 6.07 Å². The van der Waals surface area contributed by atoms with Crippen LogP contribution >= 0.6 is 0 Å². The number of piperidine rings is 1. The van der Waals surface area contributed by atoms with E-state index >= 15 is 0 Å². The number of fused-ring (bicyclic) bond motifs is 1. The van der Waals surface area contributed by atoms with Gasteiger partial charge in [-0.25, -0.2) is 4.98 Å². The molecule has 1 aromatic rings. The Balaban J connectivity index is 1.81. The monoisotopic (exact) mass is 213 g/mol. The third-order valence-corrected chi connectivity index (χ3v) is 3.35. The fraction of sp³-hybridized carbons (Fsp3) is 0.417. The van der Waals surface area contributed by atoms with Crippen molar-refractivity contribution in [1.29, 1.82) is 5.26 Å². The molecule has 80 valence electrons. The van der Waals surface area contributed by atoms with Crippen molar-refractivity contribution >= 4 is 5.91 Å². The standard InChI is InChI=1S/C12H11N3O/c13-5-10-2-1-3-11(14-10)12(16)15-6-8-4-9(8)7-15/h1-3,8-9H,4,6-7H2. The number of rotatable bonds is 1. The van der Waals surface area contributed by atoms with Gasteiger partial charge >= 0.3 is 0 Å². The predicted octanol–water partition coefficient (Wildman–Crippen LogP) is 1.05. The zero-order chi connectivity index (χ0) is 11.1. The van der Waals surface area contributed by atoms with E-state index in [-0.39, 0.29) is 5.91 Å². The Morgan fingerprint density at radius 2 is 2.19 bits per heavy atom. The highest BCUT2D eigenvalue weighted by Crippen LogP contribution is 2.45. The van der Waals surface area contributed by atoms with E-state index in [9.17, 15) is 4.79 Å². The summed E-state index contributed by atoms with van der Waals surface area (Å²) in [5.41, 5.74) is 0.690. The van der Waals surface area contributed by atoms with E-state index in [0.717, 1.165) is 24.9 Å². The van der Waals surface area contributed by atoms with Crippen molar-refractivity contribution in [3.63, 3.8) is 0 Å². The molecule has 2 unspecified atom stereocenters. The number of hydrogen-bond donors (Lipinski definition) is 0. The maximum Gasteiger partial charge on any atom is 0.272 e. The quantitative estimate of drug-likeness (QED) is 0.700. The first kappa shape index (κ1) is 9.34. The third-order valence-electron chi connectivity index (χ3n) is 3.35. The Hall–Kier alpha value is -1.89. The molecule has 2 heterocycles. The topological polar surface area (TPSA) is 57.0 Å². The number of nitriles is 1. The van der Waals surface area contributed by atoms with E-state index in [2.05, 4.69) is 4.98 Å². The first-order valence-corrected chi connectivity index (χ1v) is 5.44. The molecule has 1 amide bonds. The van der Waals surface area contributed by atoms with Crippen molar-refractivity contribution in [2.75, 3.05) is 13.1 Å². The number of amides is 1. The van der Waals surface area contributed by atoms with Crippen LogP contribution in [0.4, 0.5) is 0 Å². The number of carbonyl (C=O) groups is 1. The van der Waals surface area contributed by atoms with Crippen molar-refractivity contribution in [2.45, 2.75) is 6.42 Å². The molecule has 2 atom stereocenters. The van der Waals surface area contributed by atoms with Gasteiger partial charge in [-0.15, -0.1) is 0 Å². The maximum absolute atomic E-state index is 12.0. The summed E-state index contributed by atoms with van der Waals surface area (Å²) in [5.74, 6) is 1.41. The van der Waals surface area contributed by atoms with Crippen LogP contribution in [0.1, 0.15) is 22.6 Å². The molecule has 3 rings (SSSR count). The van der Waals surface area contributed by atoms with Gasteiger partial charge in [-0.1, -0.05) is 6.07 Å². The first-order valence-electron chi connectivity index (χ1n) is 5.44. The van der Waals surface area contributed by atoms with Crippen LogP contribution in [-0.4, -0.2) is 28.9 Å². The molecule has 1 saturated carbocycles. The highest BCUT2D eigenvalue weighted by molar-refractivity contribution is 5.92. The van der Waals surface area contributed by atoms with E-state index < -0.39 is 0 Å². The first-order chi connectivity index (χ1) is 7.78.